The first-order chi connectivity index (χ1) is 11.6. The van der Waals surface area contributed by atoms with Gasteiger partial charge in [-0.3, -0.25) is 4.57 Å². The van der Waals surface area contributed by atoms with Crippen LogP contribution < -0.4 is 9.54 Å². The molecule has 3 rings (SSSR count). The van der Waals surface area contributed by atoms with Gasteiger partial charge in [0.1, 0.15) is 5.75 Å². The number of aromatic nitrogens is 1. The first-order valence-corrected chi connectivity index (χ1v) is 9.17. The Morgan fingerprint density at radius 1 is 1.29 bits per heavy atom. The Balaban J connectivity index is 2.04. The van der Waals surface area contributed by atoms with Gasteiger partial charge in [0.25, 0.3) is 0 Å². The van der Waals surface area contributed by atoms with E-state index in [1.54, 1.807) is 11.3 Å². The molecule has 0 radical (unpaired) electrons. The average molecular weight is 345 g/mol. The topological polar surface area (TPSA) is 46.8 Å². The Morgan fingerprint density at radius 3 is 2.75 bits per heavy atom. The van der Waals surface area contributed by atoms with Gasteiger partial charge in [0.2, 0.25) is 0 Å². The quantitative estimate of drug-likeness (QED) is 0.852. The summed E-state index contributed by atoms with van der Waals surface area (Å²) < 4.78 is 7.64. The largest absolute Gasteiger partial charge is 0.494 e. The summed E-state index contributed by atoms with van der Waals surface area (Å²) in [7, 11) is 0. The highest BCUT2D eigenvalue weighted by Gasteiger charge is 2.18. The van der Waals surface area contributed by atoms with Crippen LogP contribution in [0.25, 0.3) is 5.69 Å². The van der Waals surface area contributed by atoms with Crippen molar-refractivity contribution in [2.75, 3.05) is 19.7 Å². The second-order valence-corrected chi connectivity index (χ2v) is 7.06. The number of carbonyl (C=O) groups is 1. The van der Waals surface area contributed by atoms with Gasteiger partial charge in [-0.05, 0) is 45.7 Å². The van der Waals surface area contributed by atoms with Gasteiger partial charge in [0.15, 0.2) is 4.80 Å². The molecule has 0 N–H and O–H groups in total. The third-order valence-electron chi connectivity index (χ3n) is 4.24. The van der Waals surface area contributed by atoms with Crippen LogP contribution in [-0.2, 0) is 0 Å². The van der Waals surface area contributed by atoms with Crippen molar-refractivity contribution in [1.82, 2.24) is 9.47 Å². The maximum absolute atomic E-state index is 12.4. The summed E-state index contributed by atoms with van der Waals surface area (Å²) in [6.07, 6.45) is 2.14. The van der Waals surface area contributed by atoms with Crippen molar-refractivity contribution < 1.29 is 9.53 Å². The molecule has 1 fully saturated rings. The maximum atomic E-state index is 12.4. The average Bonchev–Trinajstić information content (AvgIpc) is 3.18. The lowest BCUT2D eigenvalue weighted by Gasteiger charge is -2.12. The number of benzene rings is 1. The second kappa shape index (κ2) is 7.21. The van der Waals surface area contributed by atoms with E-state index >= 15 is 0 Å². The molecule has 1 aromatic heterocycles. The zero-order valence-electron chi connectivity index (χ0n) is 14.4. The zero-order chi connectivity index (χ0) is 17.1. The molecule has 128 valence electrons. The van der Waals surface area contributed by atoms with E-state index in [2.05, 4.69) is 18.8 Å². The van der Waals surface area contributed by atoms with Crippen molar-refractivity contribution in [3.05, 3.63) is 39.6 Å². The third kappa shape index (κ3) is 3.38. The Hall–Kier alpha value is -2.08. The number of thiazole rings is 1. The highest BCUT2D eigenvalue weighted by molar-refractivity contribution is 7.09. The molecule has 0 unspecified atom stereocenters. The van der Waals surface area contributed by atoms with E-state index in [4.69, 9.17) is 4.74 Å². The van der Waals surface area contributed by atoms with Gasteiger partial charge >= 0.3 is 6.03 Å². The van der Waals surface area contributed by atoms with Crippen LogP contribution in [0.15, 0.2) is 29.3 Å². The summed E-state index contributed by atoms with van der Waals surface area (Å²) in [4.78, 5) is 20.5. The van der Waals surface area contributed by atoms with E-state index in [0.29, 0.717) is 6.61 Å². The molecule has 2 amide bonds. The van der Waals surface area contributed by atoms with Gasteiger partial charge < -0.3 is 9.64 Å². The van der Waals surface area contributed by atoms with E-state index in [-0.39, 0.29) is 6.03 Å². The number of hydrogen-bond donors (Lipinski definition) is 0. The molecule has 5 nitrogen and oxygen atoms in total. The normalized spacial score (nSPS) is 15.1. The zero-order valence-corrected chi connectivity index (χ0v) is 15.2. The SMILES string of the molecule is CCOc1cccc(-n2c(C)c(C)s/c2=N\C(=O)N2CCCC2)c1. The number of urea groups is 1. The minimum absolute atomic E-state index is 0.136. The van der Waals surface area contributed by atoms with Crippen molar-refractivity contribution >= 4 is 17.4 Å². The van der Waals surface area contributed by atoms with E-state index in [0.717, 1.165) is 52.7 Å². The summed E-state index contributed by atoms with van der Waals surface area (Å²) in [5.41, 5.74) is 2.07. The van der Waals surface area contributed by atoms with Gasteiger partial charge in [-0.25, -0.2) is 4.79 Å². The van der Waals surface area contributed by atoms with Crippen molar-refractivity contribution in [2.45, 2.75) is 33.6 Å². The van der Waals surface area contributed by atoms with Crippen molar-refractivity contribution in [3.63, 3.8) is 0 Å². The van der Waals surface area contributed by atoms with E-state index in [1.807, 2.05) is 40.7 Å². The minimum Gasteiger partial charge on any atom is -0.494 e. The van der Waals surface area contributed by atoms with Crippen LogP contribution in [0.3, 0.4) is 0 Å². The lowest BCUT2D eigenvalue weighted by molar-refractivity contribution is 0.218. The van der Waals surface area contributed by atoms with Crippen LogP contribution >= 0.6 is 11.3 Å². The molecule has 1 aromatic carbocycles. The fourth-order valence-corrected chi connectivity index (χ4v) is 3.84. The number of amides is 2. The maximum Gasteiger partial charge on any atom is 0.346 e. The minimum atomic E-state index is -0.136. The van der Waals surface area contributed by atoms with E-state index < -0.39 is 0 Å². The van der Waals surface area contributed by atoms with Crippen LogP contribution in [0.2, 0.25) is 0 Å². The standard InChI is InChI=1S/C18H23N3O2S/c1-4-23-16-9-7-8-15(12-16)21-13(2)14(3)24-18(21)19-17(22)20-10-5-6-11-20/h7-9,12H,4-6,10-11H2,1-3H3/b19-18-. The van der Waals surface area contributed by atoms with Gasteiger partial charge in [0.05, 0.1) is 12.3 Å². The van der Waals surface area contributed by atoms with Crippen molar-refractivity contribution in [2.24, 2.45) is 4.99 Å². The summed E-state index contributed by atoms with van der Waals surface area (Å²) in [5.74, 6) is 0.822. The molecule has 2 aromatic rings. The van der Waals surface area contributed by atoms with Gasteiger partial charge in [0, 0.05) is 29.7 Å². The van der Waals surface area contributed by atoms with Crippen LogP contribution in [-0.4, -0.2) is 35.2 Å². The molecule has 1 saturated heterocycles. The Kier molecular flexibility index (Phi) is 5.04. The predicted octanol–water partition coefficient (Wildman–Crippen LogP) is 3.67. The Morgan fingerprint density at radius 2 is 2.04 bits per heavy atom. The van der Waals surface area contributed by atoms with E-state index in [9.17, 15) is 4.79 Å². The number of likely N-dealkylation sites (tertiary alicyclic amines) is 1. The number of aryl methyl sites for hydroxylation is 1. The third-order valence-corrected chi connectivity index (χ3v) is 5.29. The van der Waals surface area contributed by atoms with Crippen LogP contribution in [0.5, 0.6) is 5.75 Å². The number of ether oxygens (including phenoxy) is 1. The van der Waals surface area contributed by atoms with Gasteiger partial charge in [-0.2, -0.15) is 4.99 Å². The van der Waals surface area contributed by atoms with Gasteiger partial charge in [-0.1, -0.05) is 6.07 Å². The molecule has 0 saturated carbocycles. The summed E-state index contributed by atoms with van der Waals surface area (Å²) >= 11 is 1.55. The van der Waals surface area contributed by atoms with Crippen LogP contribution in [0, 0.1) is 13.8 Å². The lowest BCUT2D eigenvalue weighted by Crippen LogP contribution is -2.27. The summed E-state index contributed by atoms with van der Waals surface area (Å²) in [5, 5.41) is 0. The van der Waals surface area contributed by atoms with Crippen molar-refractivity contribution in [1.29, 1.82) is 0 Å². The first-order valence-electron chi connectivity index (χ1n) is 8.36. The number of carbonyl (C=O) groups excluding carboxylic acids is 1. The van der Waals surface area contributed by atoms with Gasteiger partial charge in [-0.15, -0.1) is 11.3 Å². The second-order valence-electron chi connectivity index (χ2n) is 5.88. The number of rotatable bonds is 3. The Labute approximate surface area is 146 Å². The monoisotopic (exact) mass is 345 g/mol. The highest BCUT2D eigenvalue weighted by Crippen LogP contribution is 2.20. The smallest absolute Gasteiger partial charge is 0.346 e. The molecule has 6 heteroatoms. The predicted molar refractivity (Wildman–Crippen MR) is 96.1 cm³/mol. The fraction of sp³-hybridized carbons (Fsp3) is 0.444. The highest BCUT2D eigenvalue weighted by atomic mass is 32.1. The molecule has 0 aliphatic carbocycles. The molecule has 1 aliphatic rings. The molecule has 24 heavy (non-hydrogen) atoms. The molecule has 2 heterocycles. The molecular weight excluding hydrogens is 322 g/mol. The summed E-state index contributed by atoms with van der Waals surface area (Å²) in [6, 6.07) is 7.77. The van der Waals surface area contributed by atoms with Crippen LogP contribution in [0.1, 0.15) is 30.3 Å². The summed E-state index contributed by atoms with van der Waals surface area (Å²) in [6.45, 7) is 8.33. The molecule has 0 atom stereocenters. The molecule has 0 spiro atoms. The van der Waals surface area contributed by atoms with Crippen LogP contribution in [0.4, 0.5) is 4.79 Å². The number of hydrogen-bond acceptors (Lipinski definition) is 3. The van der Waals surface area contributed by atoms with Crippen molar-refractivity contribution in [3.8, 4) is 11.4 Å². The lowest BCUT2D eigenvalue weighted by atomic mass is 10.3. The molecular formula is C18H23N3O2S. The van der Waals surface area contributed by atoms with E-state index in [1.165, 1.54) is 0 Å². The Bertz CT molecular complexity index is 801. The first kappa shape index (κ1) is 16.8. The molecule has 0 bridgehead atoms. The number of nitrogens with zero attached hydrogens (tertiary/aromatic N) is 3. The molecule has 1 aliphatic heterocycles. The fourth-order valence-electron chi connectivity index (χ4n) is 2.87.